The fraction of sp³-hybridized carbons (Fsp3) is 0.385. The van der Waals surface area contributed by atoms with Crippen LogP contribution in [-0.4, -0.2) is 36.7 Å². The topological polar surface area (TPSA) is 75.6 Å². The number of carbonyl (C=O) groups excluding carboxylic acids is 1. The number of carbonyl (C=O) groups is 2. The molecule has 2 N–H and O–H groups in total. The van der Waals surface area contributed by atoms with E-state index in [2.05, 4.69) is 27.9 Å². The molecule has 1 amide bonds. The van der Waals surface area contributed by atoms with Crippen molar-refractivity contribution in [2.24, 2.45) is 0 Å². The molecule has 1 atom stereocenters. The molecule has 0 bridgehead atoms. The number of aliphatic carboxylic acids is 1. The van der Waals surface area contributed by atoms with Gasteiger partial charge in [-0.15, -0.1) is 0 Å². The van der Waals surface area contributed by atoms with Gasteiger partial charge in [0.25, 0.3) is 0 Å². The van der Waals surface area contributed by atoms with E-state index in [0.717, 1.165) is 9.13 Å². The molecular formula is C13H16INO4. The molecule has 1 aromatic carbocycles. The van der Waals surface area contributed by atoms with E-state index in [1.54, 1.807) is 0 Å². The highest BCUT2D eigenvalue weighted by molar-refractivity contribution is 14.1. The first-order chi connectivity index (χ1) is 9.02. The van der Waals surface area contributed by atoms with Gasteiger partial charge in [0.1, 0.15) is 6.04 Å². The lowest BCUT2D eigenvalue weighted by molar-refractivity contribution is -0.142. The van der Waals surface area contributed by atoms with Gasteiger partial charge in [0, 0.05) is 23.7 Å². The van der Waals surface area contributed by atoms with Crippen molar-refractivity contribution in [3.8, 4) is 0 Å². The number of halogens is 1. The van der Waals surface area contributed by atoms with Gasteiger partial charge >= 0.3 is 5.97 Å². The smallest absolute Gasteiger partial charge is 0.326 e. The minimum Gasteiger partial charge on any atom is -0.480 e. The number of methoxy groups -OCH3 is 1. The van der Waals surface area contributed by atoms with Crippen LogP contribution in [0.15, 0.2) is 24.3 Å². The Balaban J connectivity index is 2.55. The summed E-state index contributed by atoms with van der Waals surface area (Å²) in [6, 6.07) is 6.62. The number of rotatable bonds is 7. The van der Waals surface area contributed by atoms with Gasteiger partial charge in [0.2, 0.25) is 5.91 Å². The summed E-state index contributed by atoms with van der Waals surface area (Å²) >= 11 is 2.16. The number of amides is 1. The second-order valence-electron chi connectivity index (χ2n) is 4.05. The van der Waals surface area contributed by atoms with Crippen molar-refractivity contribution in [3.05, 3.63) is 33.4 Å². The molecular weight excluding hydrogens is 361 g/mol. The quantitative estimate of drug-likeness (QED) is 0.706. The molecule has 19 heavy (non-hydrogen) atoms. The van der Waals surface area contributed by atoms with E-state index in [0.29, 0.717) is 6.61 Å². The van der Waals surface area contributed by atoms with Crippen molar-refractivity contribution in [1.82, 2.24) is 5.32 Å². The van der Waals surface area contributed by atoms with E-state index in [9.17, 15) is 9.59 Å². The van der Waals surface area contributed by atoms with Gasteiger partial charge in [-0.25, -0.2) is 4.79 Å². The molecule has 0 saturated heterocycles. The van der Waals surface area contributed by atoms with Gasteiger partial charge < -0.3 is 15.2 Å². The van der Waals surface area contributed by atoms with Crippen molar-refractivity contribution in [2.45, 2.75) is 18.9 Å². The minimum absolute atomic E-state index is 0.174. The second kappa shape index (κ2) is 8.11. The minimum atomic E-state index is -1.05. The summed E-state index contributed by atoms with van der Waals surface area (Å²) in [5, 5.41) is 11.5. The Labute approximate surface area is 125 Å². The zero-order valence-corrected chi connectivity index (χ0v) is 12.7. The molecule has 0 saturated carbocycles. The van der Waals surface area contributed by atoms with Crippen LogP contribution in [0.25, 0.3) is 0 Å². The fourth-order valence-corrected chi connectivity index (χ4v) is 2.18. The zero-order valence-electron chi connectivity index (χ0n) is 10.6. The maximum absolute atomic E-state index is 11.8. The molecule has 5 nitrogen and oxygen atoms in total. The van der Waals surface area contributed by atoms with Gasteiger partial charge in [-0.05, 0) is 40.3 Å². The highest BCUT2D eigenvalue weighted by Crippen LogP contribution is 2.08. The molecule has 0 spiro atoms. The number of nitrogens with one attached hydrogen (secondary N) is 1. The summed E-state index contributed by atoms with van der Waals surface area (Å²) in [5.41, 5.74) is 0.861. The number of ether oxygens (including phenoxy) is 1. The lowest BCUT2D eigenvalue weighted by atomic mass is 10.1. The molecule has 0 fully saturated rings. The van der Waals surface area contributed by atoms with E-state index in [1.165, 1.54) is 7.11 Å². The third-order valence-electron chi connectivity index (χ3n) is 2.50. The van der Waals surface area contributed by atoms with Crippen LogP contribution < -0.4 is 5.32 Å². The third kappa shape index (κ3) is 6.02. The SMILES string of the molecule is COCCC(NC(=O)Cc1cccc(I)c1)C(=O)O. The number of hydrogen-bond acceptors (Lipinski definition) is 3. The Kier molecular flexibility index (Phi) is 6.79. The van der Waals surface area contributed by atoms with Crippen LogP contribution in [0.4, 0.5) is 0 Å². The molecule has 0 aliphatic rings. The average molecular weight is 377 g/mol. The number of carboxylic acid groups (broad SMARTS) is 1. The predicted octanol–water partition coefficient (Wildman–Crippen LogP) is 1.44. The largest absolute Gasteiger partial charge is 0.480 e. The van der Waals surface area contributed by atoms with Gasteiger partial charge in [0.15, 0.2) is 0 Å². The highest BCUT2D eigenvalue weighted by Gasteiger charge is 2.19. The average Bonchev–Trinajstić information content (AvgIpc) is 2.34. The normalized spacial score (nSPS) is 11.9. The van der Waals surface area contributed by atoms with Crippen LogP contribution in [-0.2, 0) is 20.7 Å². The molecule has 6 heteroatoms. The van der Waals surface area contributed by atoms with Crippen LogP contribution in [0, 0.1) is 3.57 Å². The lowest BCUT2D eigenvalue weighted by Crippen LogP contribution is -2.42. The molecule has 1 unspecified atom stereocenters. The third-order valence-corrected chi connectivity index (χ3v) is 3.17. The van der Waals surface area contributed by atoms with Crippen LogP contribution in [0.3, 0.4) is 0 Å². The van der Waals surface area contributed by atoms with E-state index >= 15 is 0 Å². The first-order valence-electron chi connectivity index (χ1n) is 5.78. The Bertz CT molecular complexity index is 450. The Morgan fingerprint density at radius 2 is 2.21 bits per heavy atom. The molecule has 0 aromatic heterocycles. The Morgan fingerprint density at radius 3 is 2.79 bits per heavy atom. The van der Waals surface area contributed by atoms with E-state index in [4.69, 9.17) is 9.84 Å². The summed E-state index contributed by atoms with van der Waals surface area (Å²) in [6.07, 6.45) is 0.428. The van der Waals surface area contributed by atoms with Gasteiger partial charge in [-0.1, -0.05) is 12.1 Å². The first kappa shape index (κ1) is 15.9. The fourth-order valence-electron chi connectivity index (χ4n) is 1.57. The van der Waals surface area contributed by atoms with E-state index in [1.807, 2.05) is 24.3 Å². The second-order valence-corrected chi connectivity index (χ2v) is 5.29. The van der Waals surface area contributed by atoms with Crippen molar-refractivity contribution in [1.29, 1.82) is 0 Å². The van der Waals surface area contributed by atoms with E-state index in [-0.39, 0.29) is 18.7 Å². The van der Waals surface area contributed by atoms with Crippen molar-refractivity contribution in [3.63, 3.8) is 0 Å². The van der Waals surface area contributed by atoms with Crippen LogP contribution in [0.1, 0.15) is 12.0 Å². The molecule has 104 valence electrons. The Morgan fingerprint density at radius 1 is 1.47 bits per heavy atom. The summed E-state index contributed by atoms with van der Waals surface area (Å²) in [4.78, 5) is 22.8. The summed E-state index contributed by atoms with van der Waals surface area (Å²) < 4.78 is 5.86. The molecule has 0 aliphatic carbocycles. The van der Waals surface area contributed by atoms with Gasteiger partial charge in [-0.3, -0.25) is 4.79 Å². The molecule has 0 aliphatic heterocycles. The number of benzene rings is 1. The standard InChI is InChI=1S/C13H16INO4/c1-19-6-5-11(13(17)18)15-12(16)8-9-3-2-4-10(14)7-9/h2-4,7,11H,5-6,8H2,1H3,(H,15,16)(H,17,18). The van der Waals surface area contributed by atoms with Gasteiger partial charge in [0.05, 0.1) is 6.42 Å². The van der Waals surface area contributed by atoms with Crippen LogP contribution in [0.5, 0.6) is 0 Å². The molecule has 1 rings (SSSR count). The van der Waals surface area contributed by atoms with Crippen molar-refractivity contribution in [2.75, 3.05) is 13.7 Å². The van der Waals surface area contributed by atoms with Crippen LogP contribution in [0.2, 0.25) is 0 Å². The van der Waals surface area contributed by atoms with Crippen LogP contribution >= 0.6 is 22.6 Å². The maximum atomic E-state index is 11.8. The summed E-state index contributed by atoms with van der Waals surface area (Å²) in [6.45, 7) is 0.292. The van der Waals surface area contributed by atoms with Gasteiger partial charge in [-0.2, -0.15) is 0 Å². The highest BCUT2D eigenvalue weighted by atomic mass is 127. The van der Waals surface area contributed by atoms with Crippen molar-refractivity contribution < 1.29 is 19.4 Å². The van der Waals surface area contributed by atoms with Crippen molar-refractivity contribution >= 4 is 34.5 Å². The predicted molar refractivity (Wildman–Crippen MR) is 78.9 cm³/mol. The number of carboxylic acids is 1. The van der Waals surface area contributed by atoms with E-state index < -0.39 is 12.0 Å². The summed E-state index contributed by atoms with van der Waals surface area (Å²) in [7, 11) is 1.49. The Hall–Kier alpha value is -1.15. The molecule has 0 heterocycles. The maximum Gasteiger partial charge on any atom is 0.326 e. The monoisotopic (exact) mass is 377 g/mol. The molecule has 0 radical (unpaired) electrons. The number of hydrogen-bond donors (Lipinski definition) is 2. The molecule has 1 aromatic rings. The first-order valence-corrected chi connectivity index (χ1v) is 6.86. The lowest BCUT2D eigenvalue weighted by Gasteiger charge is -2.14. The zero-order chi connectivity index (χ0) is 14.3. The summed E-state index contributed by atoms with van der Waals surface area (Å²) in [5.74, 6) is -1.35.